The van der Waals surface area contributed by atoms with E-state index in [4.69, 9.17) is 24.7 Å². The van der Waals surface area contributed by atoms with Crippen molar-refractivity contribution in [2.75, 3.05) is 41.1 Å². The number of aliphatic hydroxyl groups excluding tert-OH is 1. The molecule has 1 amide bonds. The van der Waals surface area contributed by atoms with Crippen LogP contribution in [0.1, 0.15) is 71.3 Å². The Kier molecular flexibility index (Phi) is 13.9. The molecule has 1 aromatic carbocycles. The molecule has 4 atom stereocenters. The van der Waals surface area contributed by atoms with Crippen LogP contribution in [0.25, 0.3) is 0 Å². The molecule has 1 fully saturated rings. The summed E-state index contributed by atoms with van der Waals surface area (Å²) in [6.07, 6.45) is 6.81. The first kappa shape index (κ1) is 32.3. The maximum absolute atomic E-state index is 13.1. The number of hydrogen-bond donors (Lipinski definition) is 3. The van der Waals surface area contributed by atoms with Crippen molar-refractivity contribution in [1.82, 2.24) is 5.32 Å². The van der Waals surface area contributed by atoms with Crippen molar-refractivity contribution in [2.24, 2.45) is 23.5 Å². The zero-order valence-corrected chi connectivity index (χ0v) is 24.5. The first-order valence-corrected chi connectivity index (χ1v) is 14.2. The van der Waals surface area contributed by atoms with Crippen LogP contribution in [0.4, 0.5) is 0 Å². The van der Waals surface area contributed by atoms with Gasteiger partial charge in [0.05, 0.1) is 19.8 Å². The van der Waals surface area contributed by atoms with E-state index in [0.717, 1.165) is 49.8 Å². The highest BCUT2D eigenvalue weighted by molar-refractivity contribution is 5.85. The molecule has 1 aliphatic carbocycles. The molecule has 0 aliphatic heterocycles. The molecule has 3 unspecified atom stereocenters. The Balaban J connectivity index is 1.96. The Labute approximate surface area is 229 Å². The van der Waals surface area contributed by atoms with Crippen LogP contribution < -0.4 is 20.5 Å². The molecule has 1 saturated carbocycles. The summed E-state index contributed by atoms with van der Waals surface area (Å²) in [4.78, 5) is 13.1. The van der Waals surface area contributed by atoms with E-state index in [1.807, 2.05) is 19.1 Å². The van der Waals surface area contributed by atoms with Gasteiger partial charge in [-0.05, 0) is 68.1 Å². The number of amides is 1. The van der Waals surface area contributed by atoms with Gasteiger partial charge in [0, 0.05) is 39.8 Å². The van der Waals surface area contributed by atoms with E-state index in [1.165, 1.54) is 6.42 Å². The van der Waals surface area contributed by atoms with Gasteiger partial charge in [-0.2, -0.15) is 0 Å². The van der Waals surface area contributed by atoms with Crippen molar-refractivity contribution in [3.8, 4) is 11.5 Å². The van der Waals surface area contributed by atoms with Crippen molar-refractivity contribution >= 4 is 5.91 Å². The van der Waals surface area contributed by atoms with Crippen LogP contribution >= 0.6 is 0 Å². The van der Waals surface area contributed by atoms with Gasteiger partial charge in [0.1, 0.15) is 5.60 Å². The summed E-state index contributed by atoms with van der Waals surface area (Å²) in [5.41, 5.74) is 6.70. The third-order valence-electron chi connectivity index (χ3n) is 8.22. The van der Waals surface area contributed by atoms with Crippen molar-refractivity contribution in [3.05, 3.63) is 23.8 Å². The zero-order chi connectivity index (χ0) is 28.1. The first-order chi connectivity index (χ1) is 18.2. The highest BCUT2D eigenvalue weighted by Gasteiger charge is 2.42. The minimum Gasteiger partial charge on any atom is -0.493 e. The van der Waals surface area contributed by atoms with Crippen LogP contribution in [0.5, 0.6) is 11.5 Å². The molecule has 0 saturated heterocycles. The lowest BCUT2D eigenvalue weighted by Gasteiger charge is -2.37. The lowest BCUT2D eigenvalue weighted by molar-refractivity contribution is -0.150. The molecule has 2 rings (SSSR count). The smallest absolute Gasteiger partial charge is 0.252 e. The number of nitrogens with two attached hydrogens (primary N) is 1. The summed E-state index contributed by atoms with van der Waals surface area (Å²) in [5, 5.41) is 13.8. The first-order valence-electron chi connectivity index (χ1n) is 14.2. The molecular formula is C30H52N2O6. The maximum Gasteiger partial charge on any atom is 0.252 e. The number of rotatable bonds is 17. The molecule has 1 aliphatic rings. The van der Waals surface area contributed by atoms with Crippen molar-refractivity contribution < 1.29 is 28.8 Å². The van der Waals surface area contributed by atoms with Crippen molar-refractivity contribution in [1.29, 1.82) is 0 Å². The fraction of sp³-hybridized carbons (Fsp3) is 0.767. The van der Waals surface area contributed by atoms with E-state index in [-0.39, 0.29) is 24.3 Å². The Morgan fingerprint density at radius 1 is 1.13 bits per heavy atom. The number of aliphatic hydroxyl groups is 1. The van der Waals surface area contributed by atoms with Crippen molar-refractivity contribution in [3.63, 3.8) is 0 Å². The van der Waals surface area contributed by atoms with Gasteiger partial charge in [-0.25, -0.2) is 0 Å². The van der Waals surface area contributed by atoms with Crippen LogP contribution in [0.2, 0.25) is 0 Å². The largest absolute Gasteiger partial charge is 0.493 e. The Bertz CT molecular complexity index is 829. The molecular weight excluding hydrogens is 484 g/mol. The molecule has 0 aromatic heterocycles. The second-order valence-electron chi connectivity index (χ2n) is 11.2. The van der Waals surface area contributed by atoms with Gasteiger partial charge in [0.2, 0.25) is 0 Å². The van der Waals surface area contributed by atoms with E-state index in [1.54, 1.807) is 21.3 Å². The SMILES string of the molecule is COCCCOc1cc(CC(CC(N)C(O)CNC(=O)[C@](C)(OC)C2CCCCC2)C(C)C)ccc1OC. The third-order valence-corrected chi connectivity index (χ3v) is 8.22. The molecule has 0 radical (unpaired) electrons. The Morgan fingerprint density at radius 3 is 2.45 bits per heavy atom. The summed E-state index contributed by atoms with van der Waals surface area (Å²) >= 11 is 0. The molecule has 8 nitrogen and oxygen atoms in total. The van der Waals surface area contributed by atoms with Crippen LogP contribution in [0, 0.1) is 17.8 Å². The summed E-state index contributed by atoms with van der Waals surface area (Å²) in [6.45, 7) is 7.51. The number of methoxy groups -OCH3 is 3. The van der Waals surface area contributed by atoms with Crippen LogP contribution in [-0.2, 0) is 20.7 Å². The van der Waals surface area contributed by atoms with Gasteiger partial charge in [0.25, 0.3) is 5.91 Å². The molecule has 0 spiro atoms. The average Bonchev–Trinajstić information content (AvgIpc) is 2.93. The van der Waals surface area contributed by atoms with Crippen LogP contribution in [-0.4, -0.2) is 69.8 Å². The number of nitrogens with one attached hydrogen (secondary N) is 1. The summed E-state index contributed by atoms with van der Waals surface area (Å²) in [6, 6.07) is 5.55. The van der Waals surface area contributed by atoms with E-state index >= 15 is 0 Å². The lowest BCUT2D eigenvalue weighted by Crippen LogP contribution is -2.54. The molecule has 218 valence electrons. The summed E-state index contributed by atoms with van der Waals surface area (Å²) < 4.78 is 22.2. The second-order valence-corrected chi connectivity index (χ2v) is 11.2. The van der Waals surface area contributed by atoms with Gasteiger partial charge < -0.3 is 35.1 Å². The summed E-state index contributed by atoms with van der Waals surface area (Å²) in [7, 11) is 4.91. The van der Waals surface area contributed by atoms with Gasteiger partial charge in [-0.3, -0.25) is 4.79 Å². The maximum atomic E-state index is 13.1. The quantitative estimate of drug-likeness (QED) is 0.257. The van der Waals surface area contributed by atoms with E-state index < -0.39 is 17.7 Å². The predicted octanol–water partition coefficient (Wildman–Crippen LogP) is 4.11. The molecule has 1 aromatic rings. The number of hydrogen-bond acceptors (Lipinski definition) is 7. The Hall–Kier alpha value is -1.87. The number of carbonyl (C=O) groups excluding carboxylic acids is 1. The number of benzene rings is 1. The van der Waals surface area contributed by atoms with Gasteiger partial charge >= 0.3 is 0 Å². The van der Waals surface area contributed by atoms with Gasteiger partial charge in [0.15, 0.2) is 11.5 Å². The highest BCUT2D eigenvalue weighted by Crippen LogP contribution is 2.35. The fourth-order valence-corrected chi connectivity index (χ4v) is 5.37. The van der Waals surface area contributed by atoms with Crippen molar-refractivity contribution in [2.45, 2.75) is 89.9 Å². The highest BCUT2D eigenvalue weighted by atomic mass is 16.5. The molecule has 0 bridgehead atoms. The molecule has 38 heavy (non-hydrogen) atoms. The summed E-state index contributed by atoms with van der Waals surface area (Å²) in [5.74, 6) is 2.04. The number of ether oxygens (including phenoxy) is 4. The topological polar surface area (TPSA) is 112 Å². The normalized spacial score (nSPS) is 18.4. The fourth-order valence-electron chi connectivity index (χ4n) is 5.37. The van der Waals surface area contributed by atoms with E-state index in [2.05, 4.69) is 25.2 Å². The van der Waals surface area contributed by atoms with Crippen LogP contribution in [0.3, 0.4) is 0 Å². The molecule has 8 heteroatoms. The predicted molar refractivity (Wildman–Crippen MR) is 151 cm³/mol. The van der Waals surface area contributed by atoms with E-state index in [9.17, 15) is 9.90 Å². The second kappa shape index (κ2) is 16.3. The zero-order valence-electron chi connectivity index (χ0n) is 24.5. The average molecular weight is 537 g/mol. The van der Waals surface area contributed by atoms with E-state index in [0.29, 0.717) is 31.3 Å². The number of carbonyl (C=O) groups is 1. The minimum absolute atomic E-state index is 0.110. The standard InChI is InChI=1S/C30H52N2O6/c1-21(2)23(17-22-13-14-27(36-5)28(18-22)38-16-10-15-35-4)19-25(31)26(33)20-32-29(34)30(3,37-6)24-11-8-7-9-12-24/h13-14,18,21,23-26,33H,7-12,15-17,19-20,31H2,1-6H3,(H,32,34)/t23?,25?,26?,30-/m1/s1. The molecule has 4 N–H and O–H groups in total. The lowest BCUT2D eigenvalue weighted by atomic mass is 9.77. The minimum atomic E-state index is -0.886. The third kappa shape index (κ3) is 9.40. The monoisotopic (exact) mass is 536 g/mol. The Morgan fingerprint density at radius 2 is 1.84 bits per heavy atom. The van der Waals surface area contributed by atoms with Gasteiger partial charge in [-0.15, -0.1) is 0 Å². The van der Waals surface area contributed by atoms with Crippen LogP contribution in [0.15, 0.2) is 18.2 Å². The molecule has 0 heterocycles. The van der Waals surface area contributed by atoms with Gasteiger partial charge in [-0.1, -0.05) is 39.2 Å².